The summed E-state index contributed by atoms with van der Waals surface area (Å²) in [5.41, 5.74) is 0. The maximum Gasteiger partial charge on any atom is 0.308 e. The van der Waals surface area contributed by atoms with Crippen molar-refractivity contribution < 1.29 is 57.5 Å². The van der Waals surface area contributed by atoms with Gasteiger partial charge in [0.2, 0.25) is 0 Å². The zero-order chi connectivity index (χ0) is 37.2. The van der Waals surface area contributed by atoms with Crippen molar-refractivity contribution in [3.8, 4) is 0 Å². The Bertz CT molecular complexity index is 1160. The number of hydrogen-bond donors (Lipinski definition) is 1. The van der Waals surface area contributed by atoms with Gasteiger partial charge in [0.1, 0.15) is 12.2 Å². The summed E-state index contributed by atoms with van der Waals surface area (Å²) < 4.78 is 35.4. The summed E-state index contributed by atoms with van der Waals surface area (Å²) in [6.45, 7) is 14.9. The molecular formula is C36H59NO12. The predicted molar refractivity (Wildman–Crippen MR) is 179 cm³/mol. The molecule has 1 fully saturated rings. The summed E-state index contributed by atoms with van der Waals surface area (Å²) in [5.74, 6) is -4.08. The average Bonchev–Trinajstić information content (AvgIpc) is 2.99. The number of aliphatic hydroxyl groups excluding tert-OH is 1. The Hall–Kier alpha value is -2.87. The van der Waals surface area contributed by atoms with Crippen molar-refractivity contribution >= 4 is 29.7 Å². The lowest BCUT2D eigenvalue weighted by Crippen LogP contribution is -2.65. The van der Waals surface area contributed by atoms with Gasteiger partial charge in [0, 0.05) is 38.5 Å². The first kappa shape index (κ1) is 42.3. The van der Waals surface area contributed by atoms with Crippen LogP contribution in [0.2, 0.25) is 0 Å². The Labute approximate surface area is 291 Å². The Kier molecular flexibility index (Phi) is 16.8. The van der Waals surface area contributed by atoms with Gasteiger partial charge in [-0.15, -0.1) is 0 Å². The van der Waals surface area contributed by atoms with Crippen LogP contribution < -0.4 is 0 Å². The molecule has 13 heteroatoms. The fourth-order valence-corrected chi connectivity index (χ4v) is 6.94. The van der Waals surface area contributed by atoms with Gasteiger partial charge in [-0.25, -0.2) is 0 Å². The van der Waals surface area contributed by atoms with E-state index in [9.17, 15) is 29.1 Å². The molecule has 280 valence electrons. The number of hydrogen-bond acceptors (Lipinski definition) is 13. The number of ether oxygens (including phenoxy) is 6. The fourth-order valence-electron chi connectivity index (χ4n) is 6.94. The number of allylic oxidation sites excluding steroid dienone is 2. The molecule has 49 heavy (non-hydrogen) atoms. The zero-order valence-electron chi connectivity index (χ0n) is 31.1. The van der Waals surface area contributed by atoms with Crippen LogP contribution in [0.3, 0.4) is 0 Å². The van der Waals surface area contributed by atoms with E-state index in [0.717, 1.165) is 0 Å². The zero-order valence-corrected chi connectivity index (χ0v) is 31.1. The van der Waals surface area contributed by atoms with Crippen LogP contribution in [-0.2, 0) is 52.4 Å². The summed E-state index contributed by atoms with van der Waals surface area (Å²) >= 11 is 0. The number of nitrogens with zero attached hydrogens (tertiary/aromatic N) is 1. The van der Waals surface area contributed by atoms with Gasteiger partial charge in [0.25, 0.3) is 0 Å². The van der Waals surface area contributed by atoms with Crippen molar-refractivity contribution in [2.24, 2.45) is 29.6 Å². The molecule has 2 aliphatic heterocycles. The van der Waals surface area contributed by atoms with Crippen LogP contribution in [0.4, 0.5) is 0 Å². The molecule has 0 bridgehead atoms. The molecule has 0 amide bonds. The highest BCUT2D eigenvalue weighted by molar-refractivity contribution is 5.91. The number of aliphatic hydroxyl groups is 1. The summed E-state index contributed by atoms with van der Waals surface area (Å²) in [6, 6.07) is -0.642. The molecule has 13 nitrogen and oxygen atoms in total. The van der Waals surface area contributed by atoms with Crippen LogP contribution in [0, 0.1) is 29.6 Å². The average molecular weight is 698 g/mol. The summed E-state index contributed by atoms with van der Waals surface area (Å²) in [5, 5.41) is 11.5. The maximum absolute atomic E-state index is 13.3. The fraction of sp³-hybridized carbons (Fsp3) is 0.806. The molecule has 0 saturated carbocycles. The normalized spacial score (nSPS) is 36.9. The van der Waals surface area contributed by atoms with Gasteiger partial charge in [-0.05, 0) is 58.2 Å². The van der Waals surface area contributed by atoms with E-state index in [2.05, 4.69) is 0 Å². The summed E-state index contributed by atoms with van der Waals surface area (Å²) in [6.07, 6.45) is -1.80. The van der Waals surface area contributed by atoms with E-state index < -0.39 is 84.7 Å². The molecule has 2 aliphatic rings. The molecule has 0 aromatic rings. The molecule has 1 N–H and O–H groups in total. The van der Waals surface area contributed by atoms with Gasteiger partial charge in [-0.3, -0.25) is 28.9 Å². The highest BCUT2D eigenvalue weighted by atomic mass is 16.7. The second-order valence-electron chi connectivity index (χ2n) is 14.1. The minimum atomic E-state index is -1.21. The lowest BCUT2D eigenvalue weighted by atomic mass is 9.82. The molecule has 2 rings (SSSR count). The van der Waals surface area contributed by atoms with E-state index in [0.29, 0.717) is 19.3 Å². The van der Waals surface area contributed by atoms with Crippen molar-refractivity contribution in [2.75, 3.05) is 20.7 Å². The Morgan fingerprint density at radius 2 is 1.53 bits per heavy atom. The lowest BCUT2D eigenvalue weighted by molar-refractivity contribution is -0.307. The second kappa shape index (κ2) is 19.5. The molecule has 0 aromatic carbocycles. The van der Waals surface area contributed by atoms with Crippen molar-refractivity contribution in [1.82, 2.24) is 4.90 Å². The molecular weight excluding hydrogens is 638 g/mol. The van der Waals surface area contributed by atoms with Gasteiger partial charge >= 0.3 is 23.9 Å². The topological polar surface area (TPSA) is 164 Å². The van der Waals surface area contributed by atoms with E-state index in [1.54, 1.807) is 38.9 Å². The van der Waals surface area contributed by atoms with Gasteiger partial charge in [0.15, 0.2) is 18.2 Å². The minimum absolute atomic E-state index is 0.0472. The number of ketones is 1. The Morgan fingerprint density at radius 3 is 2.08 bits per heavy atom. The van der Waals surface area contributed by atoms with Gasteiger partial charge < -0.3 is 33.5 Å². The van der Waals surface area contributed by atoms with Crippen molar-refractivity contribution in [2.45, 2.75) is 137 Å². The highest BCUT2D eigenvalue weighted by Crippen LogP contribution is 2.35. The SMILES string of the molecule is CC[C@H]1OC(=O)C[C@@H](O)[C@H](C)[C@@H](OC2OC(C)C(OC(C)=O)C(N(C)C)C2OC(C)=O)[C@@H](C)C[C@@H](C)C(=O)C=CC(C)CC1COC(C)=O. The van der Waals surface area contributed by atoms with Crippen LogP contribution in [0.15, 0.2) is 12.2 Å². The number of carbonyl (C=O) groups excluding carboxylic acids is 5. The van der Waals surface area contributed by atoms with E-state index in [1.165, 1.54) is 20.8 Å². The molecule has 0 aromatic heterocycles. The maximum atomic E-state index is 13.3. The highest BCUT2D eigenvalue weighted by Gasteiger charge is 2.51. The molecule has 1 saturated heterocycles. The third-order valence-electron chi connectivity index (χ3n) is 9.49. The number of rotatable bonds is 8. The number of carbonyl (C=O) groups is 5. The monoisotopic (exact) mass is 697 g/mol. The smallest absolute Gasteiger partial charge is 0.308 e. The van der Waals surface area contributed by atoms with Gasteiger partial charge in [-0.2, -0.15) is 0 Å². The van der Waals surface area contributed by atoms with Gasteiger partial charge in [0.05, 0.1) is 37.4 Å². The van der Waals surface area contributed by atoms with Crippen molar-refractivity contribution in [1.29, 1.82) is 0 Å². The summed E-state index contributed by atoms with van der Waals surface area (Å²) in [4.78, 5) is 64.4. The molecule has 0 aliphatic carbocycles. The van der Waals surface area contributed by atoms with E-state index in [1.807, 2.05) is 33.8 Å². The standard InChI is InChI=1S/C36H59NO12/c1-12-30-27(18-44-24(7)38)15-19(2)13-14-28(41)20(3)16-21(4)33(22(5)29(42)17-31(43)48-30)49-36-35(47-26(9)40)32(37(10)11)34(23(6)45-36)46-25(8)39/h13-14,19-23,27,29-30,32-36,42H,12,15-18H2,1-11H3/t19?,20-,21+,22+,23?,27?,29-,30-,32?,33+,34?,35?,36?/m1/s1. The van der Waals surface area contributed by atoms with Crippen LogP contribution in [0.1, 0.15) is 88.0 Å². The number of cyclic esters (lactones) is 1. The van der Waals surface area contributed by atoms with Crippen LogP contribution >= 0.6 is 0 Å². The van der Waals surface area contributed by atoms with Gasteiger partial charge in [-0.1, -0.05) is 40.7 Å². The first-order chi connectivity index (χ1) is 22.9. The summed E-state index contributed by atoms with van der Waals surface area (Å²) in [7, 11) is 3.53. The molecule has 0 radical (unpaired) electrons. The van der Waals surface area contributed by atoms with Crippen LogP contribution in [0.5, 0.6) is 0 Å². The van der Waals surface area contributed by atoms with E-state index in [-0.39, 0.29) is 36.6 Å². The minimum Gasteiger partial charge on any atom is -0.465 e. The van der Waals surface area contributed by atoms with Crippen molar-refractivity contribution in [3.05, 3.63) is 12.2 Å². The third-order valence-corrected chi connectivity index (χ3v) is 9.49. The first-order valence-electron chi connectivity index (χ1n) is 17.4. The third kappa shape index (κ3) is 12.8. The first-order valence-corrected chi connectivity index (χ1v) is 17.4. The Morgan fingerprint density at radius 1 is 0.918 bits per heavy atom. The molecule has 13 atom stereocenters. The van der Waals surface area contributed by atoms with Crippen LogP contribution in [-0.4, -0.2) is 109 Å². The van der Waals surface area contributed by atoms with Crippen molar-refractivity contribution in [3.63, 3.8) is 0 Å². The number of likely N-dealkylation sites (N-methyl/N-ethyl adjacent to an activating group) is 1. The van der Waals surface area contributed by atoms with E-state index >= 15 is 0 Å². The lowest BCUT2D eigenvalue weighted by Gasteiger charge is -2.48. The largest absolute Gasteiger partial charge is 0.465 e. The molecule has 0 spiro atoms. The Balaban J connectivity index is 2.52. The molecule has 2 heterocycles. The van der Waals surface area contributed by atoms with Crippen LogP contribution in [0.25, 0.3) is 0 Å². The predicted octanol–water partition coefficient (Wildman–Crippen LogP) is 3.63. The van der Waals surface area contributed by atoms with E-state index in [4.69, 9.17) is 28.4 Å². The number of esters is 4. The molecule has 7 unspecified atom stereocenters. The second-order valence-corrected chi connectivity index (χ2v) is 14.1. The quantitative estimate of drug-likeness (QED) is 0.289.